The first-order valence-electron chi connectivity index (χ1n) is 8.28. The van der Waals surface area contributed by atoms with Crippen LogP contribution in [0.25, 0.3) is 20.9 Å². The SMILES string of the molecule is CO[C@@H]1O[C@H](CN=[N+]=[N-])[C@H](OS(C)(=O)=O)[C@H](N=[N+]=[N-])[C@@H]1NC(=O)c1ccccc1. The highest BCUT2D eigenvalue weighted by Crippen LogP contribution is 2.28. The molecular formula is C15H19N7O6S. The lowest BCUT2D eigenvalue weighted by molar-refractivity contribution is -0.221. The van der Waals surface area contributed by atoms with Gasteiger partial charge < -0.3 is 14.8 Å². The van der Waals surface area contributed by atoms with Crippen LogP contribution in [-0.2, 0) is 23.8 Å². The molecule has 13 nitrogen and oxygen atoms in total. The van der Waals surface area contributed by atoms with Crippen molar-refractivity contribution in [3.8, 4) is 0 Å². The Kier molecular flexibility index (Phi) is 7.79. The van der Waals surface area contributed by atoms with Crippen molar-refractivity contribution in [1.29, 1.82) is 0 Å². The number of benzene rings is 1. The van der Waals surface area contributed by atoms with Gasteiger partial charge in [-0.1, -0.05) is 28.4 Å². The van der Waals surface area contributed by atoms with Crippen LogP contribution in [-0.4, -0.2) is 64.8 Å². The van der Waals surface area contributed by atoms with Gasteiger partial charge in [-0.05, 0) is 23.2 Å². The largest absolute Gasteiger partial charge is 0.354 e. The summed E-state index contributed by atoms with van der Waals surface area (Å²) in [6.45, 7) is -0.312. The minimum Gasteiger partial charge on any atom is -0.354 e. The molecule has 1 aromatic carbocycles. The van der Waals surface area contributed by atoms with Crippen LogP contribution >= 0.6 is 0 Å². The zero-order valence-corrected chi connectivity index (χ0v) is 16.3. The van der Waals surface area contributed by atoms with Gasteiger partial charge in [0, 0.05) is 22.5 Å². The van der Waals surface area contributed by atoms with Crippen molar-refractivity contribution in [2.75, 3.05) is 19.9 Å². The van der Waals surface area contributed by atoms with E-state index in [1.165, 1.54) is 7.11 Å². The highest BCUT2D eigenvalue weighted by molar-refractivity contribution is 7.86. The van der Waals surface area contributed by atoms with E-state index in [0.29, 0.717) is 5.56 Å². The Balaban J connectivity index is 2.42. The Labute approximate surface area is 166 Å². The van der Waals surface area contributed by atoms with E-state index in [0.717, 1.165) is 6.26 Å². The van der Waals surface area contributed by atoms with Crippen LogP contribution in [0.3, 0.4) is 0 Å². The lowest BCUT2D eigenvalue weighted by atomic mass is 9.94. The first-order chi connectivity index (χ1) is 13.8. The second-order valence-corrected chi connectivity index (χ2v) is 7.62. The Bertz CT molecular complexity index is 914. The smallest absolute Gasteiger partial charge is 0.264 e. The molecule has 29 heavy (non-hydrogen) atoms. The molecule has 0 unspecified atom stereocenters. The third kappa shape index (κ3) is 6.06. The lowest BCUT2D eigenvalue weighted by Gasteiger charge is -2.43. The zero-order chi connectivity index (χ0) is 21.4. The third-order valence-electron chi connectivity index (χ3n) is 4.03. The summed E-state index contributed by atoms with van der Waals surface area (Å²) in [5.41, 5.74) is 17.9. The molecule has 156 valence electrons. The molecule has 1 amide bonds. The normalized spacial score (nSPS) is 26.6. The fraction of sp³-hybridized carbons (Fsp3) is 0.533. The zero-order valence-electron chi connectivity index (χ0n) is 15.5. The molecule has 1 saturated heterocycles. The molecule has 1 aliphatic rings. The number of carbonyl (C=O) groups is 1. The fourth-order valence-electron chi connectivity index (χ4n) is 2.88. The number of hydrogen-bond acceptors (Lipinski definition) is 8. The number of hydrogen-bond donors (Lipinski definition) is 1. The number of nitrogens with one attached hydrogen (secondary N) is 1. The summed E-state index contributed by atoms with van der Waals surface area (Å²) >= 11 is 0. The van der Waals surface area contributed by atoms with Gasteiger partial charge >= 0.3 is 0 Å². The van der Waals surface area contributed by atoms with Crippen molar-refractivity contribution < 1.29 is 26.9 Å². The molecule has 5 atom stereocenters. The van der Waals surface area contributed by atoms with Crippen LogP contribution in [0.15, 0.2) is 40.6 Å². The van der Waals surface area contributed by atoms with E-state index in [-0.39, 0.29) is 6.54 Å². The minimum absolute atomic E-state index is 0.312. The lowest BCUT2D eigenvalue weighted by Crippen LogP contribution is -2.64. The van der Waals surface area contributed by atoms with Gasteiger partial charge in [0.1, 0.15) is 6.10 Å². The third-order valence-corrected chi connectivity index (χ3v) is 4.61. The van der Waals surface area contributed by atoms with Gasteiger partial charge in [0.05, 0.1) is 31.0 Å². The van der Waals surface area contributed by atoms with Gasteiger partial charge in [-0.3, -0.25) is 8.98 Å². The fourth-order valence-corrected chi connectivity index (χ4v) is 3.52. The van der Waals surface area contributed by atoms with Crippen LogP contribution in [0.1, 0.15) is 10.4 Å². The average molecular weight is 425 g/mol. The minimum atomic E-state index is -4.01. The maximum atomic E-state index is 12.6. The van der Waals surface area contributed by atoms with Crippen LogP contribution in [0.2, 0.25) is 0 Å². The van der Waals surface area contributed by atoms with Gasteiger partial charge in [0.25, 0.3) is 16.0 Å². The Morgan fingerprint density at radius 2 is 1.97 bits per heavy atom. The van der Waals surface area contributed by atoms with Gasteiger partial charge in [-0.2, -0.15) is 8.42 Å². The molecule has 0 saturated carbocycles. The van der Waals surface area contributed by atoms with E-state index in [2.05, 4.69) is 25.4 Å². The van der Waals surface area contributed by atoms with Crippen molar-refractivity contribution in [3.63, 3.8) is 0 Å². The molecule has 0 aromatic heterocycles. The summed E-state index contributed by atoms with van der Waals surface area (Å²) in [5, 5.41) is 9.62. The van der Waals surface area contributed by atoms with Crippen LogP contribution in [0.4, 0.5) is 0 Å². The van der Waals surface area contributed by atoms with Crippen LogP contribution in [0.5, 0.6) is 0 Å². The summed E-state index contributed by atoms with van der Waals surface area (Å²) in [7, 11) is -2.72. The second kappa shape index (κ2) is 10.1. The summed E-state index contributed by atoms with van der Waals surface area (Å²) in [4.78, 5) is 17.9. The van der Waals surface area contributed by atoms with Gasteiger partial charge in [0.15, 0.2) is 6.29 Å². The summed E-state index contributed by atoms with van der Waals surface area (Å²) in [5.74, 6) is -0.522. The number of amides is 1. The standard InChI is InChI=1S/C15H19N7O6S/c1-26-15-12(19-14(23)9-6-4-3-5-7-9)11(20-22-17)13(28-29(2,24)25)10(27-15)8-18-21-16/h3-7,10-13,15H,8H2,1-2H3,(H,19,23)/t10-,11-,12+,13+,15-/m1/s1. The first-order valence-corrected chi connectivity index (χ1v) is 10.1. The van der Waals surface area contributed by atoms with E-state index < -0.39 is 46.6 Å². The molecule has 1 aromatic rings. The van der Waals surface area contributed by atoms with E-state index >= 15 is 0 Å². The summed E-state index contributed by atoms with van der Waals surface area (Å²) in [6.07, 6.45) is -2.79. The maximum Gasteiger partial charge on any atom is 0.264 e. The molecule has 2 rings (SSSR count). The van der Waals surface area contributed by atoms with Crippen molar-refractivity contribution in [3.05, 3.63) is 56.8 Å². The number of methoxy groups -OCH3 is 1. The number of azide groups is 2. The molecule has 1 aliphatic heterocycles. The molecule has 1 N–H and O–H groups in total. The van der Waals surface area contributed by atoms with E-state index in [1.807, 2.05) is 0 Å². The number of ether oxygens (including phenoxy) is 2. The van der Waals surface area contributed by atoms with Gasteiger partial charge in [0.2, 0.25) is 0 Å². The Morgan fingerprint density at radius 1 is 1.28 bits per heavy atom. The predicted octanol–water partition coefficient (Wildman–Crippen LogP) is 1.49. The maximum absolute atomic E-state index is 12.6. The predicted molar refractivity (Wildman–Crippen MR) is 100 cm³/mol. The molecule has 1 heterocycles. The monoisotopic (exact) mass is 425 g/mol. The van der Waals surface area contributed by atoms with Gasteiger partial charge in [-0.25, -0.2) is 0 Å². The number of carbonyl (C=O) groups excluding carboxylic acids is 1. The van der Waals surface area contributed by atoms with Crippen molar-refractivity contribution in [1.82, 2.24) is 5.32 Å². The average Bonchev–Trinajstić information content (AvgIpc) is 2.69. The van der Waals surface area contributed by atoms with Crippen molar-refractivity contribution >= 4 is 16.0 Å². The highest BCUT2D eigenvalue weighted by Gasteiger charge is 2.48. The molecule has 0 bridgehead atoms. The molecule has 0 radical (unpaired) electrons. The van der Waals surface area contributed by atoms with Crippen molar-refractivity contribution in [2.45, 2.75) is 30.6 Å². The van der Waals surface area contributed by atoms with E-state index in [4.69, 9.17) is 24.7 Å². The Morgan fingerprint density at radius 3 is 2.52 bits per heavy atom. The highest BCUT2D eigenvalue weighted by atomic mass is 32.2. The van der Waals surface area contributed by atoms with Crippen molar-refractivity contribution in [2.24, 2.45) is 10.2 Å². The topological polar surface area (TPSA) is 188 Å². The quantitative estimate of drug-likeness (QED) is 0.284. The number of rotatable bonds is 8. The van der Waals surface area contributed by atoms with Gasteiger partial charge in [-0.15, -0.1) is 0 Å². The first kappa shape index (κ1) is 22.4. The molecule has 14 heteroatoms. The summed E-state index contributed by atoms with van der Waals surface area (Å²) < 4.78 is 39.4. The molecule has 0 aliphatic carbocycles. The second-order valence-electron chi connectivity index (χ2n) is 6.02. The number of nitrogens with zero attached hydrogens (tertiary/aromatic N) is 6. The molecule has 1 fully saturated rings. The molecule has 0 spiro atoms. The Hall–Kier alpha value is -2.86. The summed E-state index contributed by atoms with van der Waals surface area (Å²) in [6, 6.07) is 5.87. The molecular weight excluding hydrogens is 406 g/mol. The van der Waals surface area contributed by atoms with E-state index in [9.17, 15) is 13.2 Å². The van der Waals surface area contributed by atoms with Crippen LogP contribution in [0, 0.1) is 0 Å². The van der Waals surface area contributed by atoms with E-state index in [1.54, 1.807) is 30.3 Å². The van der Waals surface area contributed by atoms with Crippen LogP contribution < -0.4 is 5.32 Å².